The van der Waals surface area contributed by atoms with E-state index in [0.717, 1.165) is 10.9 Å². The minimum absolute atomic E-state index is 0.0898. The molecule has 1 atom stereocenters. The van der Waals surface area contributed by atoms with E-state index < -0.39 is 10.0 Å². The number of nitrogens with zero attached hydrogens (tertiary/aromatic N) is 2. The number of pyridine rings is 1. The summed E-state index contributed by atoms with van der Waals surface area (Å²) < 4.78 is 26.9. The normalized spacial score (nSPS) is 25.5. The second-order valence-corrected chi connectivity index (χ2v) is 7.72. The van der Waals surface area contributed by atoms with Gasteiger partial charge in [-0.2, -0.15) is 4.31 Å². The Kier molecular flexibility index (Phi) is 3.77. The van der Waals surface area contributed by atoms with Crippen LogP contribution in [0.15, 0.2) is 27.8 Å². The number of nitrogens with two attached hydrogens (primary N) is 1. The maximum Gasteiger partial charge on any atom is 0.260 e. The molecule has 2 heterocycles. The predicted molar refractivity (Wildman–Crippen MR) is 72.5 cm³/mol. The zero-order valence-electron chi connectivity index (χ0n) is 10.1. The Morgan fingerprint density at radius 1 is 1.56 bits per heavy atom. The van der Waals surface area contributed by atoms with Crippen molar-refractivity contribution in [3.8, 4) is 0 Å². The molecule has 0 aromatic carbocycles. The van der Waals surface area contributed by atoms with Gasteiger partial charge in [-0.1, -0.05) is 6.92 Å². The Bertz CT molecular complexity index is 532. The first-order chi connectivity index (χ1) is 8.37. The summed E-state index contributed by atoms with van der Waals surface area (Å²) >= 11 is 3.24. The van der Waals surface area contributed by atoms with E-state index in [1.807, 2.05) is 6.92 Å². The molecular weight excluding hydrogens is 318 g/mol. The summed E-state index contributed by atoms with van der Waals surface area (Å²) in [6, 6.07) is 3.19. The Morgan fingerprint density at radius 3 is 2.78 bits per heavy atom. The summed E-state index contributed by atoms with van der Waals surface area (Å²) in [6.07, 6.45) is 2.28. The lowest BCUT2D eigenvalue weighted by atomic mass is 9.90. The highest BCUT2D eigenvalue weighted by Gasteiger charge is 2.39. The van der Waals surface area contributed by atoms with E-state index in [1.165, 1.54) is 16.6 Å². The second-order valence-electron chi connectivity index (χ2n) is 4.92. The molecule has 100 valence electrons. The van der Waals surface area contributed by atoms with Gasteiger partial charge >= 0.3 is 0 Å². The first kappa shape index (κ1) is 13.9. The van der Waals surface area contributed by atoms with E-state index in [1.54, 1.807) is 6.07 Å². The number of hydrogen-bond acceptors (Lipinski definition) is 4. The predicted octanol–water partition coefficient (Wildman–Crippen LogP) is 1.20. The maximum atomic E-state index is 12.4. The fraction of sp³-hybridized carbons (Fsp3) is 0.545. The summed E-state index contributed by atoms with van der Waals surface area (Å²) in [6.45, 7) is 3.47. The molecule has 1 saturated heterocycles. The summed E-state index contributed by atoms with van der Waals surface area (Å²) in [5, 5.41) is 0.0898. The molecule has 1 aromatic heterocycles. The third kappa shape index (κ3) is 2.59. The fourth-order valence-electron chi connectivity index (χ4n) is 2.00. The van der Waals surface area contributed by atoms with E-state index in [-0.39, 0.29) is 10.4 Å². The SMILES string of the molecule is CC1(CN)CCN(S(=O)(=O)c2ccc(Br)cn2)C1. The number of hydrogen-bond donors (Lipinski definition) is 1. The van der Waals surface area contributed by atoms with Gasteiger partial charge in [-0.25, -0.2) is 13.4 Å². The van der Waals surface area contributed by atoms with Crippen LogP contribution in [0.1, 0.15) is 13.3 Å². The zero-order chi connectivity index (χ0) is 13.4. The van der Waals surface area contributed by atoms with Gasteiger partial charge < -0.3 is 5.73 Å². The van der Waals surface area contributed by atoms with Crippen molar-refractivity contribution < 1.29 is 8.42 Å². The fourth-order valence-corrected chi connectivity index (χ4v) is 3.74. The first-order valence-corrected chi connectivity index (χ1v) is 7.92. The largest absolute Gasteiger partial charge is 0.330 e. The number of rotatable bonds is 3. The Morgan fingerprint density at radius 2 is 2.28 bits per heavy atom. The topological polar surface area (TPSA) is 76.3 Å². The van der Waals surface area contributed by atoms with E-state index in [2.05, 4.69) is 20.9 Å². The van der Waals surface area contributed by atoms with Gasteiger partial charge in [-0.05, 0) is 46.4 Å². The maximum absolute atomic E-state index is 12.4. The molecule has 0 bridgehead atoms. The van der Waals surface area contributed by atoms with Crippen LogP contribution < -0.4 is 5.73 Å². The molecule has 1 aliphatic heterocycles. The highest BCUT2D eigenvalue weighted by atomic mass is 79.9. The van der Waals surface area contributed by atoms with Crippen LogP contribution in [-0.4, -0.2) is 37.3 Å². The van der Waals surface area contributed by atoms with Gasteiger partial charge in [0.2, 0.25) is 0 Å². The van der Waals surface area contributed by atoms with Gasteiger partial charge in [0, 0.05) is 23.8 Å². The minimum atomic E-state index is -3.49. The molecule has 2 N–H and O–H groups in total. The molecule has 0 radical (unpaired) electrons. The van der Waals surface area contributed by atoms with Gasteiger partial charge in [0.05, 0.1) is 0 Å². The van der Waals surface area contributed by atoms with Crippen molar-refractivity contribution in [2.75, 3.05) is 19.6 Å². The van der Waals surface area contributed by atoms with Crippen molar-refractivity contribution in [2.24, 2.45) is 11.1 Å². The molecule has 1 unspecified atom stereocenters. The van der Waals surface area contributed by atoms with Crippen LogP contribution >= 0.6 is 15.9 Å². The molecule has 0 aliphatic carbocycles. The highest BCUT2D eigenvalue weighted by molar-refractivity contribution is 9.10. The highest BCUT2D eigenvalue weighted by Crippen LogP contribution is 2.32. The Labute approximate surface area is 116 Å². The number of aromatic nitrogens is 1. The van der Waals surface area contributed by atoms with Gasteiger partial charge in [-0.15, -0.1) is 0 Å². The number of halogens is 1. The van der Waals surface area contributed by atoms with E-state index in [0.29, 0.717) is 19.6 Å². The van der Waals surface area contributed by atoms with Crippen molar-refractivity contribution in [2.45, 2.75) is 18.4 Å². The quantitative estimate of drug-likeness (QED) is 0.901. The van der Waals surface area contributed by atoms with Crippen LogP contribution in [0.3, 0.4) is 0 Å². The summed E-state index contributed by atoms with van der Waals surface area (Å²) in [5.74, 6) is 0. The third-order valence-electron chi connectivity index (χ3n) is 3.32. The van der Waals surface area contributed by atoms with Crippen molar-refractivity contribution in [1.82, 2.24) is 9.29 Å². The van der Waals surface area contributed by atoms with Crippen LogP contribution in [0.2, 0.25) is 0 Å². The first-order valence-electron chi connectivity index (χ1n) is 5.69. The molecule has 18 heavy (non-hydrogen) atoms. The van der Waals surface area contributed by atoms with E-state index in [9.17, 15) is 8.42 Å². The lowest BCUT2D eigenvalue weighted by Crippen LogP contribution is -2.34. The van der Waals surface area contributed by atoms with Crippen molar-refractivity contribution in [3.63, 3.8) is 0 Å². The van der Waals surface area contributed by atoms with Gasteiger partial charge in [-0.3, -0.25) is 0 Å². The standard InChI is InChI=1S/C11H16BrN3O2S/c1-11(7-13)4-5-15(8-11)18(16,17)10-3-2-9(12)6-14-10/h2-3,6H,4-5,7-8,13H2,1H3. The minimum Gasteiger partial charge on any atom is -0.330 e. The molecule has 5 nitrogen and oxygen atoms in total. The molecule has 0 amide bonds. The van der Waals surface area contributed by atoms with E-state index in [4.69, 9.17) is 5.73 Å². The van der Waals surface area contributed by atoms with Crippen LogP contribution in [0.5, 0.6) is 0 Å². The van der Waals surface area contributed by atoms with E-state index >= 15 is 0 Å². The molecule has 7 heteroatoms. The lowest BCUT2D eigenvalue weighted by Gasteiger charge is -2.22. The summed E-state index contributed by atoms with van der Waals surface area (Å²) in [4.78, 5) is 3.96. The molecule has 2 rings (SSSR count). The lowest BCUT2D eigenvalue weighted by molar-refractivity contribution is 0.349. The molecule has 1 fully saturated rings. The molecular formula is C11H16BrN3O2S. The van der Waals surface area contributed by atoms with Crippen molar-refractivity contribution in [1.29, 1.82) is 0 Å². The van der Waals surface area contributed by atoms with Gasteiger partial charge in [0.25, 0.3) is 10.0 Å². The average Bonchev–Trinajstić information content (AvgIpc) is 2.74. The second kappa shape index (κ2) is 4.88. The van der Waals surface area contributed by atoms with Crippen LogP contribution in [0, 0.1) is 5.41 Å². The molecule has 1 aromatic rings. The molecule has 0 saturated carbocycles. The van der Waals surface area contributed by atoms with Gasteiger partial charge in [0.1, 0.15) is 0 Å². The number of sulfonamides is 1. The van der Waals surface area contributed by atoms with Crippen LogP contribution in [0.25, 0.3) is 0 Å². The molecule has 1 aliphatic rings. The van der Waals surface area contributed by atoms with Crippen LogP contribution in [-0.2, 0) is 10.0 Å². The third-order valence-corrected chi connectivity index (χ3v) is 5.55. The van der Waals surface area contributed by atoms with Crippen molar-refractivity contribution >= 4 is 26.0 Å². The monoisotopic (exact) mass is 333 g/mol. The smallest absolute Gasteiger partial charge is 0.260 e. The van der Waals surface area contributed by atoms with Gasteiger partial charge in [0.15, 0.2) is 5.03 Å². The van der Waals surface area contributed by atoms with Crippen LogP contribution in [0.4, 0.5) is 0 Å². The zero-order valence-corrected chi connectivity index (χ0v) is 12.5. The Hall–Kier alpha value is -0.500. The molecule has 0 spiro atoms. The Balaban J connectivity index is 2.25. The summed E-state index contributed by atoms with van der Waals surface area (Å²) in [5.41, 5.74) is 5.57. The average molecular weight is 334 g/mol. The van der Waals surface area contributed by atoms with Crippen molar-refractivity contribution in [3.05, 3.63) is 22.8 Å². The summed E-state index contributed by atoms with van der Waals surface area (Å²) in [7, 11) is -3.49.